The van der Waals surface area contributed by atoms with E-state index in [2.05, 4.69) is 0 Å². The lowest BCUT2D eigenvalue weighted by atomic mass is 9.94. The Balaban J connectivity index is 2.40. The van der Waals surface area contributed by atoms with Crippen LogP contribution in [0.2, 0.25) is 0 Å². The van der Waals surface area contributed by atoms with Crippen LogP contribution in [-0.4, -0.2) is 39.3 Å². The van der Waals surface area contributed by atoms with Gasteiger partial charge in [0.05, 0.1) is 24.2 Å². The molecule has 0 saturated heterocycles. The summed E-state index contributed by atoms with van der Waals surface area (Å²) < 4.78 is 5.24. The van der Waals surface area contributed by atoms with Gasteiger partial charge in [-0.2, -0.15) is 0 Å². The van der Waals surface area contributed by atoms with Gasteiger partial charge in [0.15, 0.2) is 5.78 Å². The maximum absolute atomic E-state index is 12.3. The molecular weight excluding hydrogens is 288 g/mol. The van der Waals surface area contributed by atoms with Gasteiger partial charge in [0, 0.05) is 12.5 Å². The van der Waals surface area contributed by atoms with Gasteiger partial charge >= 0.3 is 5.97 Å². The Morgan fingerprint density at radius 3 is 2.64 bits per heavy atom. The first kappa shape index (κ1) is 16.3. The van der Waals surface area contributed by atoms with Crippen molar-refractivity contribution < 1.29 is 29.6 Å². The van der Waals surface area contributed by atoms with Gasteiger partial charge in [-0.05, 0) is 37.8 Å². The Hall–Kier alpha value is -2.08. The van der Waals surface area contributed by atoms with E-state index in [9.17, 15) is 24.9 Å². The second-order valence-electron chi connectivity index (χ2n) is 5.69. The van der Waals surface area contributed by atoms with E-state index in [0.29, 0.717) is 19.3 Å². The molecule has 1 heterocycles. The van der Waals surface area contributed by atoms with Crippen LogP contribution in [0.3, 0.4) is 0 Å². The molecule has 6 nitrogen and oxygen atoms in total. The van der Waals surface area contributed by atoms with E-state index in [1.807, 2.05) is 0 Å². The Morgan fingerprint density at radius 1 is 1.18 bits per heavy atom. The Labute approximate surface area is 128 Å². The van der Waals surface area contributed by atoms with Crippen molar-refractivity contribution in [1.29, 1.82) is 0 Å². The number of aliphatic hydroxyl groups is 1. The quantitative estimate of drug-likeness (QED) is 0.630. The number of hydrogen-bond acceptors (Lipinski definition) is 6. The Morgan fingerprint density at radius 2 is 1.91 bits per heavy atom. The number of aromatic hydroxyl groups is 2. The number of ether oxygens (including phenoxy) is 1. The van der Waals surface area contributed by atoms with Crippen LogP contribution >= 0.6 is 0 Å². The van der Waals surface area contributed by atoms with E-state index in [-0.39, 0.29) is 35.8 Å². The van der Waals surface area contributed by atoms with Gasteiger partial charge in [0.25, 0.3) is 0 Å². The number of carbonyl (C=O) groups excluding carboxylic acids is 2. The van der Waals surface area contributed by atoms with Crippen molar-refractivity contribution in [3.63, 3.8) is 0 Å². The fourth-order valence-electron chi connectivity index (χ4n) is 2.67. The molecule has 0 bridgehead atoms. The van der Waals surface area contributed by atoms with Gasteiger partial charge in [-0.25, -0.2) is 0 Å². The molecule has 2 rings (SSSR count). The number of esters is 1. The van der Waals surface area contributed by atoms with Gasteiger partial charge < -0.3 is 20.1 Å². The van der Waals surface area contributed by atoms with Gasteiger partial charge in [-0.15, -0.1) is 0 Å². The summed E-state index contributed by atoms with van der Waals surface area (Å²) in [5.74, 6) is -1.61. The molecule has 1 aromatic carbocycles. The number of hydrogen-bond donors (Lipinski definition) is 3. The molecular formula is C16H20O6. The van der Waals surface area contributed by atoms with E-state index < -0.39 is 23.6 Å². The van der Waals surface area contributed by atoms with Crippen LogP contribution in [0.25, 0.3) is 0 Å². The molecule has 0 aliphatic carbocycles. The van der Waals surface area contributed by atoms with Crippen molar-refractivity contribution in [2.75, 3.05) is 0 Å². The Bertz CT molecular complexity index is 580. The van der Waals surface area contributed by atoms with Gasteiger partial charge in [-0.3, -0.25) is 9.59 Å². The number of fused-ring (bicyclic) bond motifs is 1. The molecule has 2 atom stereocenters. The predicted octanol–water partition coefficient (Wildman–Crippen LogP) is 1.69. The third-order valence-electron chi connectivity index (χ3n) is 3.70. The lowest BCUT2D eigenvalue weighted by Gasteiger charge is -2.18. The van der Waals surface area contributed by atoms with Crippen molar-refractivity contribution >= 4 is 11.8 Å². The van der Waals surface area contributed by atoms with Gasteiger partial charge in [0.1, 0.15) is 11.5 Å². The first-order chi connectivity index (χ1) is 10.4. The number of benzene rings is 1. The lowest BCUT2D eigenvalue weighted by molar-refractivity contribution is -0.147. The average Bonchev–Trinajstić information content (AvgIpc) is 2.35. The van der Waals surface area contributed by atoms with Crippen LogP contribution in [0, 0.1) is 0 Å². The van der Waals surface area contributed by atoms with Crippen molar-refractivity contribution in [2.24, 2.45) is 0 Å². The van der Waals surface area contributed by atoms with Crippen LogP contribution in [0.4, 0.5) is 0 Å². The fourth-order valence-corrected chi connectivity index (χ4v) is 2.67. The average molecular weight is 308 g/mol. The number of Topliss-reactive ketones (excluding diaryl/α,β-unsaturated/α-hetero) is 1. The third-order valence-corrected chi connectivity index (χ3v) is 3.70. The predicted molar refractivity (Wildman–Crippen MR) is 77.8 cm³/mol. The molecule has 0 unspecified atom stereocenters. The standard InChI is InChI=1S/C16H20O6/c1-9-3-2-4-11(17)7-13(19)16-10(6-15(21)22-9)5-12(18)8-14(16)20/h5,8-9,11,17-18,20H,2-4,6-7H2,1H3/t9-,11+/m0/s1. The van der Waals surface area contributed by atoms with E-state index in [1.165, 1.54) is 6.07 Å². The van der Waals surface area contributed by atoms with Gasteiger partial charge in [-0.1, -0.05) is 0 Å². The summed E-state index contributed by atoms with van der Waals surface area (Å²) in [6.07, 6.45) is 0.215. The molecule has 6 heteroatoms. The molecule has 0 aromatic heterocycles. The zero-order valence-electron chi connectivity index (χ0n) is 12.4. The Kier molecular flexibility index (Phi) is 5.03. The van der Waals surface area contributed by atoms with E-state index in [1.54, 1.807) is 6.92 Å². The van der Waals surface area contributed by atoms with Gasteiger partial charge in [0.2, 0.25) is 0 Å². The minimum Gasteiger partial charge on any atom is -0.508 e. The maximum Gasteiger partial charge on any atom is 0.310 e. The number of cyclic esters (lactones) is 1. The molecule has 0 radical (unpaired) electrons. The molecule has 22 heavy (non-hydrogen) atoms. The molecule has 120 valence electrons. The number of phenolic OH excluding ortho intramolecular Hbond substituents is 2. The van der Waals surface area contributed by atoms with Crippen molar-refractivity contribution in [2.45, 2.75) is 51.2 Å². The zero-order chi connectivity index (χ0) is 16.3. The van der Waals surface area contributed by atoms with Crippen molar-refractivity contribution in [3.8, 4) is 11.5 Å². The molecule has 0 spiro atoms. The largest absolute Gasteiger partial charge is 0.508 e. The highest BCUT2D eigenvalue weighted by Gasteiger charge is 2.24. The minimum atomic E-state index is -0.809. The number of ketones is 1. The molecule has 3 N–H and O–H groups in total. The first-order valence-corrected chi connectivity index (χ1v) is 7.32. The highest BCUT2D eigenvalue weighted by Crippen LogP contribution is 2.30. The van der Waals surface area contributed by atoms with Crippen LogP contribution in [-0.2, 0) is 16.0 Å². The van der Waals surface area contributed by atoms with Crippen LogP contribution in [0.1, 0.15) is 48.5 Å². The maximum atomic E-state index is 12.3. The second-order valence-corrected chi connectivity index (χ2v) is 5.69. The molecule has 0 saturated carbocycles. The normalized spacial score (nSPS) is 23.9. The van der Waals surface area contributed by atoms with Crippen molar-refractivity contribution in [3.05, 3.63) is 23.3 Å². The van der Waals surface area contributed by atoms with Crippen LogP contribution in [0.5, 0.6) is 11.5 Å². The second kappa shape index (κ2) is 6.79. The number of aliphatic hydroxyl groups excluding tert-OH is 1. The van der Waals surface area contributed by atoms with E-state index >= 15 is 0 Å². The van der Waals surface area contributed by atoms with Crippen molar-refractivity contribution in [1.82, 2.24) is 0 Å². The fraction of sp³-hybridized carbons (Fsp3) is 0.500. The summed E-state index contributed by atoms with van der Waals surface area (Å²) in [7, 11) is 0. The summed E-state index contributed by atoms with van der Waals surface area (Å²) >= 11 is 0. The SMILES string of the molecule is C[C@H]1CCC[C@@H](O)CC(=O)c2c(O)cc(O)cc2CC(=O)O1. The first-order valence-electron chi connectivity index (χ1n) is 7.32. The monoisotopic (exact) mass is 308 g/mol. The number of carbonyl (C=O) groups is 2. The number of rotatable bonds is 0. The molecule has 0 amide bonds. The highest BCUT2D eigenvalue weighted by atomic mass is 16.5. The summed E-state index contributed by atoms with van der Waals surface area (Å²) in [4.78, 5) is 24.2. The molecule has 1 aliphatic rings. The van der Waals surface area contributed by atoms with Crippen LogP contribution < -0.4 is 0 Å². The highest BCUT2D eigenvalue weighted by molar-refractivity contribution is 6.01. The molecule has 1 aliphatic heterocycles. The molecule has 0 fully saturated rings. The molecule has 1 aromatic rings. The summed E-state index contributed by atoms with van der Waals surface area (Å²) in [6, 6.07) is 2.31. The topological polar surface area (TPSA) is 104 Å². The third kappa shape index (κ3) is 3.98. The van der Waals surface area contributed by atoms with Crippen LogP contribution in [0.15, 0.2) is 12.1 Å². The summed E-state index contributed by atoms with van der Waals surface area (Å²) in [5, 5.41) is 29.4. The lowest BCUT2D eigenvalue weighted by Crippen LogP contribution is -2.21. The zero-order valence-corrected chi connectivity index (χ0v) is 12.4. The summed E-state index contributed by atoms with van der Waals surface area (Å²) in [5.41, 5.74) is 0.162. The summed E-state index contributed by atoms with van der Waals surface area (Å²) in [6.45, 7) is 1.77. The van der Waals surface area contributed by atoms with E-state index in [0.717, 1.165) is 6.07 Å². The minimum absolute atomic E-state index is 0.0398. The van der Waals surface area contributed by atoms with E-state index in [4.69, 9.17) is 4.74 Å². The smallest absolute Gasteiger partial charge is 0.310 e. The number of phenols is 2.